The highest BCUT2D eigenvalue weighted by Gasteiger charge is 2.31. The first-order valence-electron chi connectivity index (χ1n) is 8.39. The molecule has 0 unspecified atom stereocenters. The van der Waals surface area contributed by atoms with Crippen LogP contribution in [0.1, 0.15) is 5.56 Å². The zero-order valence-electron chi connectivity index (χ0n) is 14.4. The van der Waals surface area contributed by atoms with Crippen LogP contribution in [-0.2, 0) is 17.5 Å². The number of rotatable bonds is 3. The lowest BCUT2D eigenvalue weighted by Crippen LogP contribution is -2.38. The maximum absolute atomic E-state index is 12.9. The molecule has 0 atom stereocenters. The number of alkyl halides is 3. The third-order valence-corrected chi connectivity index (χ3v) is 5.25. The van der Waals surface area contributed by atoms with Crippen LogP contribution in [-0.4, -0.2) is 38.4 Å². The van der Waals surface area contributed by atoms with E-state index < -0.39 is 11.7 Å². The van der Waals surface area contributed by atoms with Crippen molar-refractivity contribution in [1.29, 1.82) is 0 Å². The Kier molecular flexibility index (Phi) is 4.80. The van der Waals surface area contributed by atoms with Crippen molar-refractivity contribution in [1.82, 2.24) is 20.2 Å². The molecule has 6 nitrogen and oxygen atoms in total. The minimum Gasteiger partial charge on any atom is -0.309 e. The van der Waals surface area contributed by atoms with Crippen molar-refractivity contribution in [3.63, 3.8) is 0 Å². The van der Waals surface area contributed by atoms with Crippen LogP contribution in [0.2, 0.25) is 0 Å². The predicted octanol–water partition coefficient (Wildman–Crippen LogP) is 3.50. The summed E-state index contributed by atoms with van der Waals surface area (Å²) in [5, 5.41) is 11.7. The zero-order valence-corrected chi connectivity index (χ0v) is 15.2. The van der Waals surface area contributed by atoms with Gasteiger partial charge in [0.2, 0.25) is 5.82 Å². The molecule has 0 saturated carbocycles. The summed E-state index contributed by atoms with van der Waals surface area (Å²) in [6.45, 7) is 0.417. The average molecular weight is 405 g/mol. The molecule has 1 amide bonds. The molecule has 0 saturated heterocycles. The van der Waals surface area contributed by atoms with Gasteiger partial charge in [0.25, 0.3) is 5.91 Å². The molecule has 10 heteroatoms. The second-order valence-corrected chi connectivity index (χ2v) is 7.22. The fourth-order valence-electron chi connectivity index (χ4n) is 2.90. The number of thioether (sulfide) groups is 1. The standard InChI is InChI=1S/C18H14F3N5OS/c19-18(20,21)13-5-3-4-12(10-13)17-22-24-26(23-17)11-16(27)25-8-9-28-15-7-2-1-6-14(15)25/h1-7,10H,8-9,11H2. The number of anilines is 1. The second-order valence-electron chi connectivity index (χ2n) is 6.08. The largest absolute Gasteiger partial charge is 0.416 e. The lowest BCUT2D eigenvalue weighted by molar-refractivity contribution is -0.137. The number of halogens is 3. The van der Waals surface area contributed by atoms with E-state index in [2.05, 4.69) is 15.4 Å². The summed E-state index contributed by atoms with van der Waals surface area (Å²) in [5.74, 6) is 0.609. The molecule has 0 fully saturated rings. The number of amides is 1. The third kappa shape index (κ3) is 3.72. The van der Waals surface area contributed by atoms with Gasteiger partial charge in [-0.15, -0.1) is 22.0 Å². The van der Waals surface area contributed by atoms with Crippen molar-refractivity contribution >= 4 is 23.4 Å². The van der Waals surface area contributed by atoms with Crippen molar-refractivity contribution in [2.45, 2.75) is 17.6 Å². The van der Waals surface area contributed by atoms with Crippen LogP contribution in [0.5, 0.6) is 0 Å². The summed E-state index contributed by atoms with van der Waals surface area (Å²) in [6, 6.07) is 12.3. The molecule has 144 valence electrons. The first-order chi connectivity index (χ1) is 13.4. The summed E-state index contributed by atoms with van der Waals surface area (Å²) in [5.41, 5.74) is 0.232. The van der Waals surface area contributed by atoms with Gasteiger partial charge in [-0.2, -0.15) is 18.0 Å². The topological polar surface area (TPSA) is 63.9 Å². The van der Waals surface area contributed by atoms with Crippen LogP contribution in [0.25, 0.3) is 11.4 Å². The van der Waals surface area contributed by atoms with Gasteiger partial charge >= 0.3 is 6.18 Å². The van der Waals surface area contributed by atoms with Crippen molar-refractivity contribution in [3.05, 3.63) is 54.1 Å². The monoisotopic (exact) mass is 405 g/mol. The van der Waals surface area contributed by atoms with Crippen LogP contribution in [0.15, 0.2) is 53.4 Å². The number of nitrogens with zero attached hydrogens (tertiary/aromatic N) is 5. The van der Waals surface area contributed by atoms with Gasteiger partial charge < -0.3 is 4.90 Å². The fraction of sp³-hybridized carbons (Fsp3) is 0.222. The van der Waals surface area contributed by atoms with Crippen LogP contribution in [0, 0.1) is 0 Å². The molecule has 2 heterocycles. The molecule has 28 heavy (non-hydrogen) atoms. The molecule has 2 aromatic carbocycles. The first-order valence-corrected chi connectivity index (χ1v) is 9.38. The van der Waals surface area contributed by atoms with Crippen molar-refractivity contribution in [2.24, 2.45) is 0 Å². The lowest BCUT2D eigenvalue weighted by Gasteiger charge is -2.28. The van der Waals surface area contributed by atoms with E-state index in [1.807, 2.05) is 24.3 Å². The van der Waals surface area contributed by atoms with Gasteiger partial charge in [0.1, 0.15) is 6.54 Å². The highest BCUT2D eigenvalue weighted by atomic mass is 32.2. The Morgan fingerprint density at radius 3 is 2.79 bits per heavy atom. The van der Waals surface area contributed by atoms with Crippen molar-refractivity contribution in [2.75, 3.05) is 17.2 Å². The normalized spacial score (nSPS) is 14.0. The van der Waals surface area contributed by atoms with Crippen LogP contribution < -0.4 is 4.90 Å². The minimum absolute atomic E-state index is 0.0356. The average Bonchev–Trinajstić information content (AvgIpc) is 3.15. The van der Waals surface area contributed by atoms with Gasteiger partial charge in [0, 0.05) is 22.8 Å². The smallest absolute Gasteiger partial charge is 0.309 e. The number of carbonyl (C=O) groups excluding carboxylic acids is 1. The van der Waals surface area contributed by atoms with Gasteiger partial charge in [-0.25, -0.2) is 0 Å². The Morgan fingerprint density at radius 2 is 1.96 bits per heavy atom. The number of hydrogen-bond donors (Lipinski definition) is 0. The van der Waals surface area contributed by atoms with Crippen LogP contribution in [0.4, 0.5) is 18.9 Å². The molecule has 0 bridgehead atoms. The van der Waals surface area contributed by atoms with Gasteiger partial charge in [0.15, 0.2) is 0 Å². The van der Waals surface area contributed by atoms with E-state index in [1.54, 1.807) is 16.7 Å². The molecule has 3 aromatic rings. The predicted molar refractivity (Wildman–Crippen MR) is 97.8 cm³/mol. The fourth-order valence-corrected chi connectivity index (χ4v) is 3.89. The zero-order chi connectivity index (χ0) is 19.7. The second kappa shape index (κ2) is 7.27. The number of benzene rings is 2. The maximum atomic E-state index is 12.9. The molecule has 1 aliphatic rings. The number of fused-ring (bicyclic) bond motifs is 1. The van der Waals surface area contributed by atoms with E-state index in [4.69, 9.17) is 0 Å². The molecule has 0 radical (unpaired) electrons. The summed E-state index contributed by atoms with van der Waals surface area (Å²) >= 11 is 1.68. The van der Waals surface area contributed by atoms with Crippen molar-refractivity contribution in [3.8, 4) is 11.4 Å². The minimum atomic E-state index is -4.46. The third-order valence-electron chi connectivity index (χ3n) is 4.21. The van der Waals surface area contributed by atoms with E-state index in [0.717, 1.165) is 33.3 Å². The maximum Gasteiger partial charge on any atom is 0.416 e. The number of hydrogen-bond acceptors (Lipinski definition) is 5. The number of tetrazole rings is 1. The molecule has 1 aliphatic heterocycles. The van der Waals surface area contributed by atoms with E-state index in [0.29, 0.717) is 6.54 Å². The van der Waals surface area contributed by atoms with Gasteiger partial charge in [-0.1, -0.05) is 24.3 Å². The highest BCUT2D eigenvalue weighted by molar-refractivity contribution is 7.99. The van der Waals surface area contributed by atoms with Gasteiger partial charge in [-0.3, -0.25) is 4.79 Å². The number of aromatic nitrogens is 4. The summed E-state index contributed by atoms with van der Waals surface area (Å²) < 4.78 is 38.6. The lowest BCUT2D eigenvalue weighted by atomic mass is 10.1. The molecular formula is C18H14F3N5OS. The van der Waals surface area contributed by atoms with Crippen molar-refractivity contribution < 1.29 is 18.0 Å². The Balaban J connectivity index is 1.53. The Morgan fingerprint density at radius 1 is 1.14 bits per heavy atom. The Bertz CT molecular complexity index is 1020. The number of para-hydroxylation sites is 1. The quantitative estimate of drug-likeness (QED) is 0.668. The molecule has 0 N–H and O–H groups in total. The van der Waals surface area contributed by atoms with E-state index in [-0.39, 0.29) is 23.8 Å². The highest BCUT2D eigenvalue weighted by Crippen LogP contribution is 2.34. The Labute approximate surface area is 162 Å². The molecule has 0 spiro atoms. The van der Waals surface area contributed by atoms with Crippen LogP contribution >= 0.6 is 11.8 Å². The van der Waals surface area contributed by atoms with Gasteiger partial charge in [-0.05, 0) is 29.5 Å². The first kappa shape index (κ1) is 18.5. The SMILES string of the molecule is O=C(Cn1nnc(-c2cccc(C(F)(F)F)c2)n1)N1CCSc2ccccc21. The van der Waals surface area contributed by atoms with E-state index in [1.165, 1.54) is 12.1 Å². The molecule has 4 rings (SSSR count). The van der Waals surface area contributed by atoms with E-state index in [9.17, 15) is 18.0 Å². The summed E-state index contributed by atoms with van der Waals surface area (Å²) in [6.07, 6.45) is -4.46. The van der Waals surface area contributed by atoms with Gasteiger partial charge in [0.05, 0.1) is 11.3 Å². The summed E-state index contributed by atoms with van der Waals surface area (Å²) in [4.78, 5) is 16.5. The molecular weight excluding hydrogens is 391 g/mol. The van der Waals surface area contributed by atoms with Crippen LogP contribution in [0.3, 0.4) is 0 Å². The molecule has 0 aliphatic carbocycles. The van der Waals surface area contributed by atoms with E-state index >= 15 is 0 Å². The molecule has 1 aromatic heterocycles. The Hall–Kier alpha value is -2.88. The number of carbonyl (C=O) groups is 1. The summed E-state index contributed by atoms with van der Waals surface area (Å²) in [7, 11) is 0.